The first kappa shape index (κ1) is 33.0. The second-order valence-electron chi connectivity index (χ2n) is 12.1. The van der Waals surface area contributed by atoms with E-state index in [1.54, 1.807) is 17.6 Å². The summed E-state index contributed by atoms with van der Waals surface area (Å²) in [6.45, 7) is 7.58. The van der Waals surface area contributed by atoms with Crippen LogP contribution in [0.2, 0.25) is 0 Å². The molecule has 1 saturated carbocycles. The summed E-state index contributed by atoms with van der Waals surface area (Å²) in [5.41, 5.74) is 5.98. The summed E-state index contributed by atoms with van der Waals surface area (Å²) in [5.74, 6) is -0.763. The molecule has 4 rings (SSSR count). The molecule has 0 aliphatic heterocycles. The number of hydrogen-bond acceptors (Lipinski definition) is 8. The molecular weight excluding hydrogens is 587 g/mol. The fourth-order valence-electron chi connectivity index (χ4n) is 4.88. The first-order valence-corrected chi connectivity index (χ1v) is 17.2. The smallest absolute Gasteiger partial charge is 0.252 e. The van der Waals surface area contributed by atoms with E-state index in [4.69, 9.17) is 0 Å². The maximum absolute atomic E-state index is 14.0. The molecule has 0 saturated heterocycles. The highest BCUT2D eigenvalue weighted by Crippen LogP contribution is 2.26. The van der Waals surface area contributed by atoms with Crippen LogP contribution in [0.4, 0.5) is 0 Å². The highest BCUT2D eigenvalue weighted by atomic mass is 32.2. The average molecular weight is 630 g/mol. The average Bonchev–Trinajstić information content (AvgIpc) is 3.67. The van der Waals surface area contributed by atoms with E-state index in [0.29, 0.717) is 11.6 Å². The zero-order valence-electron chi connectivity index (χ0n) is 25.3. The molecule has 1 fully saturated rings. The van der Waals surface area contributed by atoms with Crippen LogP contribution < -0.4 is 10.7 Å². The first-order valence-electron chi connectivity index (χ1n) is 14.8. The molecule has 2 aromatic carbocycles. The number of fused-ring (bicyclic) bond motifs is 1. The third-order valence-electron chi connectivity index (χ3n) is 7.19. The van der Waals surface area contributed by atoms with Crippen LogP contribution in [0.1, 0.15) is 52.5 Å². The Morgan fingerprint density at radius 1 is 1.05 bits per heavy atom. The van der Waals surface area contributed by atoms with Gasteiger partial charge in [-0.1, -0.05) is 58.0 Å². The van der Waals surface area contributed by atoms with Gasteiger partial charge in [0.05, 0.1) is 39.3 Å². The van der Waals surface area contributed by atoms with Crippen molar-refractivity contribution in [3.05, 3.63) is 59.6 Å². The Morgan fingerprint density at radius 3 is 2.42 bits per heavy atom. The Balaban J connectivity index is 1.66. The zero-order valence-corrected chi connectivity index (χ0v) is 26.9. The zero-order chi connectivity index (χ0) is 31.1. The van der Waals surface area contributed by atoms with E-state index < -0.39 is 28.1 Å². The molecule has 10 nitrogen and oxygen atoms in total. The second kappa shape index (κ2) is 14.7. The molecular formula is C31H43N5O5S2. The number of carbonyl (C=O) groups excluding carboxylic acids is 2. The van der Waals surface area contributed by atoms with Crippen molar-refractivity contribution in [2.24, 2.45) is 11.8 Å². The summed E-state index contributed by atoms with van der Waals surface area (Å²) in [6, 6.07) is 13.6. The summed E-state index contributed by atoms with van der Waals surface area (Å²) in [7, 11) is -4.01. The summed E-state index contributed by atoms with van der Waals surface area (Å²) in [5, 5.41) is 16.2. The van der Waals surface area contributed by atoms with E-state index in [1.807, 2.05) is 58.0 Å². The number of amides is 2. The van der Waals surface area contributed by atoms with E-state index in [2.05, 4.69) is 15.7 Å². The van der Waals surface area contributed by atoms with Crippen molar-refractivity contribution in [1.29, 1.82) is 0 Å². The molecule has 1 unspecified atom stereocenters. The first-order chi connectivity index (χ1) is 20.4. The van der Waals surface area contributed by atoms with Crippen molar-refractivity contribution in [1.82, 2.24) is 25.0 Å². The number of nitrogens with zero attached hydrogens (tertiary/aromatic N) is 3. The predicted octanol–water partition coefficient (Wildman–Crippen LogP) is 3.57. The molecule has 234 valence electrons. The minimum Gasteiger partial charge on any atom is -0.390 e. The summed E-state index contributed by atoms with van der Waals surface area (Å²) < 4.78 is 30.0. The number of thiazole rings is 1. The molecule has 3 N–H and O–H groups in total. The molecule has 1 aliphatic rings. The number of aliphatic hydroxyl groups excluding tert-OH is 1. The molecule has 1 aliphatic carbocycles. The maximum Gasteiger partial charge on any atom is 0.252 e. The fraction of sp³-hybridized carbons (Fsp3) is 0.516. The molecule has 1 aromatic heterocycles. The molecule has 0 bridgehead atoms. The number of rotatable bonds is 15. The van der Waals surface area contributed by atoms with E-state index in [9.17, 15) is 23.1 Å². The van der Waals surface area contributed by atoms with E-state index >= 15 is 0 Å². The third kappa shape index (κ3) is 9.29. The van der Waals surface area contributed by atoms with Crippen LogP contribution >= 0.6 is 11.3 Å². The number of aliphatic hydroxyl groups is 1. The van der Waals surface area contributed by atoms with E-state index in [-0.39, 0.29) is 55.1 Å². The van der Waals surface area contributed by atoms with E-state index in [1.165, 1.54) is 26.7 Å². The van der Waals surface area contributed by atoms with Crippen molar-refractivity contribution in [2.45, 2.75) is 76.5 Å². The lowest BCUT2D eigenvalue weighted by Gasteiger charge is -2.37. The number of carbonyl (C=O) groups is 2. The van der Waals surface area contributed by atoms with Gasteiger partial charge in [-0.2, -0.15) is 4.31 Å². The monoisotopic (exact) mass is 629 g/mol. The molecule has 0 radical (unpaired) electrons. The van der Waals surface area contributed by atoms with Crippen LogP contribution in [0, 0.1) is 11.8 Å². The lowest BCUT2D eigenvalue weighted by Crippen LogP contribution is -2.60. The number of aromatic nitrogens is 1. The highest BCUT2D eigenvalue weighted by molar-refractivity contribution is 7.89. The second-order valence-corrected chi connectivity index (χ2v) is 14.9. The predicted molar refractivity (Wildman–Crippen MR) is 169 cm³/mol. The number of nitrogens with one attached hydrogen (secondary N) is 2. The van der Waals surface area contributed by atoms with Gasteiger partial charge in [0.1, 0.15) is 0 Å². The number of hydrogen-bond donors (Lipinski definition) is 3. The van der Waals surface area contributed by atoms with Gasteiger partial charge in [-0.25, -0.2) is 18.4 Å². The minimum absolute atomic E-state index is 0.00508. The Kier molecular flexibility index (Phi) is 11.3. The Labute approximate surface area is 258 Å². The van der Waals surface area contributed by atoms with E-state index in [0.717, 1.165) is 23.1 Å². The molecule has 1 heterocycles. The topological polar surface area (TPSA) is 132 Å². The van der Waals surface area contributed by atoms with Crippen LogP contribution in [0.5, 0.6) is 0 Å². The van der Waals surface area contributed by atoms with Crippen LogP contribution in [-0.4, -0.2) is 77.5 Å². The maximum atomic E-state index is 14.0. The van der Waals surface area contributed by atoms with Crippen molar-refractivity contribution >= 4 is 43.4 Å². The fourth-order valence-corrected chi connectivity index (χ4v) is 7.32. The summed E-state index contributed by atoms with van der Waals surface area (Å²) >= 11 is 1.36. The number of benzene rings is 2. The van der Waals surface area contributed by atoms with Crippen LogP contribution in [0.25, 0.3) is 10.2 Å². The third-order valence-corrected chi connectivity index (χ3v) is 9.81. The number of sulfonamides is 1. The Morgan fingerprint density at radius 2 is 1.77 bits per heavy atom. The molecule has 12 heteroatoms. The van der Waals surface area contributed by atoms with Crippen molar-refractivity contribution in [3.63, 3.8) is 0 Å². The van der Waals surface area contributed by atoms with Gasteiger partial charge in [0.15, 0.2) is 0 Å². The highest BCUT2D eigenvalue weighted by Gasteiger charge is 2.36. The van der Waals surface area contributed by atoms with Gasteiger partial charge in [0.25, 0.3) is 5.91 Å². The minimum atomic E-state index is -4.01. The Bertz CT molecular complexity index is 1470. The summed E-state index contributed by atoms with van der Waals surface area (Å²) in [6.07, 6.45) is 1.07. The SMILES string of the molecule is CC(C)CC(=O)N(NC(=O)CNC1CC1)C(Cc1ccccc1)[C@H](O)CN(CC(C)C)S(=O)(=O)c1ccc2ncsc2c1. The van der Waals surface area contributed by atoms with Crippen molar-refractivity contribution < 1.29 is 23.1 Å². The standard InChI is InChI=1S/C31H43N5O5S2/c1-21(2)14-31(39)36(34-30(38)17-32-24-10-11-24)27(15-23-8-6-5-7-9-23)28(37)19-35(18-22(3)4)43(40,41)25-12-13-26-29(16-25)42-20-33-26/h5-9,12-13,16,20-22,24,27-28,32,37H,10-11,14-15,17-19H2,1-4H3,(H,34,38)/t27?,28-/m1/s1. The van der Waals surface area contributed by atoms with Gasteiger partial charge in [-0.3, -0.25) is 15.0 Å². The molecule has 2 atom stereocenters. The lowest BCUT2D eigenvalue weighted by molar-refractivity contribution is -0.148. The summed E-state index contributed by atoms with van der Waals surface area (Å²) in [4.78, 5) is 31.0. The number of hydrazine groups is 1. The van der Waals surface area contributed by atoms with Crippen molar-refractivity contribution in [3.8, 4) is 0 Å². The normalized spacial score (nSPS) is 15.3. The van der Waals surface area contributed by atoms with Crippen LogP contribution in [0.15, 0.2) is 58.9 Å². The molecule has 43 heavy (non-hydrogen) atoms. The van der Waals surface area contributed by atoms with Gasteiger partial charge in [-0.15, -0.1) is 11.3 Å². The largest absolute Gasteiger partial charge is 0.390 e. The van der Waals surface area contributed by atoms with Gasteiger partial charge in [0.2, 0.25) is 15.9 Å². The van der Waals surface area contributed by atoms with Gasteiger partial charge < -0.3 is 10.4 Å². The van der Waals surface area contributed by atoms with Crippen LogP contribution in [-0.2, 0) is 26.0 Å². The lowest BCUT2D eigenvalue weighted by atomic mass is 9.99. The van der Waals surface area contributed by atoms with Gasteiger partial charge >= 0.3 is 0 Å². The van der Waals surface area contributed by atoms with Gasteiger partial charge in [0, 0.05) is 25.6 Å². The molecule has 0 spiro atoms. The molecule has 2 amide bonds. The van der Waals surface area contributed by atoms with Crippen molar-refractivity contribution in [2.75, 3.05) is 19.6 Å². The quantitative estimate of drug-likeness (QED) is 0.219. The molecule has 3 aromatic rings. The van der Waals surface area contributed by atoms with Crippen LogP contribution in [0.3, 0.4) is 0 Å². The van der Waals surface area contributed by atoms with Gasteiger partial charge in [-0.05, 0) is 54.9 Å². The Hall–Kier alpha value is -2.90.